The molecule has 2 rings (SSSR count). The van der Waals surface area contributed by atoms with Crippen LogP contribution in [-0.2, 0) is 6.18 Å². The van der Waals surface area contributed by atoms with E-state index in [9.17, 15) is 13.2 Å². The Balaban J connectivity index is 2.08. The van der Waals surface area contributed by atoms with Gasteiger partial charge in [0.1, 0.15) is 0 Å². The van der Waals surface area contributed by atoms with Crippen molar-refractivity contribution in [2.24, 2.45) is 4.99 Å². The van der Waals surface area contributed by atoms with Gasteiger partial charge in [-0.15, -0.1) is 0 Å². The lowest BCUT2D eigenvalue weighted by Gasteiger charge is -2.20. The van der Waals surface area contributed by atoms with Gasteiger partial charge in [-0.3, -0.25) is 4.99 Å². The van der Waals surface area contributed by atoms with Gasteiger partial charge in [0.25, 0.3) is 0 Å². The van der Waals surface area contributed by atoms with Crippen LogP contribution >= 0.6 is 11.8 Å². The Kier molecular flexibility index (Phi) is 4.32. The number of rotatable bonds is 3. The van der Waals surface area contributed by atoms with Crippen LogP contribution < -0.4 is 5.32 Å². The molecule has 0 amide bonds. The van der Waals surface area contributed by atoms with E-state index in [2.05, 4.69) is 24.2 Å². The van der Waals surface area contributed by atoms with Gasteiger partial charge in [0.15, 0.2) is 5.17 Å². The zero-order valence-electron chi connectivity index (χ0n) is 11.4. The summed E-state index contributed by atoms with van der Waals surface area (Å²) in [5.41, 5.74) is -0.0355. The van der Waals surface area contributed by atoms with E-state index in [1.807, 2.05) is 0 Å². The van der Waals surface area contributed by atoms with E-state index >= 15 is 0 Å². The summed E-state index contributed by atoms with van der Waals surface area (Å²) in [5, 5.41) is 3.87. The topological polar surface area (TPSA) is 24.4 Å². The fourth-order valence-corrected chi connectivity index (χ4v) is 3.35. The van der Waals surface area contributed by atoms with Gasteiger partial charge in [0, 0.05) is 11.4 Å². The van der Waals surface area contributed by atoms with Crippen molar-refractivity contribution in [2.75, 3.05) is 11.1 Å². The van der Waals surface area contributed by atoms with E-state index in [0.717, 1.165) is 35.9 Å². The van der Waals surface area contributed by atoms with Gasteiger partial charge in [0.05, 0.1) is 11.1 Å². The van der Waals surface area contributed by atoms with E-state index in [-0.39, 0.29) is 5.54 Å². The Morgan fingerprint density at radius 3 is 2.25 bits per heavy atom. The number of halogens is 3. The van der Waals surface area contributed by atoms with Crippen molar-refractivity contribution in [3.8, 4) is 0 Å². The Hall–Kier alpha value is -1.17. The van der Waals surface area contributed by atoms with Crippen molar-refractivity contribution < 1.29 is 13.2 Å². The second-order valence-corrected chi connectivity index (χ2v) is 5.80. The number of hydrogen-bond donors (Lipinski definition) is 1. The molecule has 0 unspecified atom stereocenters. The molecule has 0 bridgehead atoms. The molecule has 2 nitrogen and oxygen atoms in total. The average Bonchev–Trinajstić information content (AvgIpc) is 2.82. The third-order valence-corrected chi connectivity index (χ3v) is 4.74. The van der Waals surface area contributed by atoms with Crippen LogP contribution in [0.4, 0.5) is 18.9 Å². The molecule has 0 spiro atoms. The van der Waals surface area contributed by atoms with Crippen molar-refractivity contribution in [3.05, 3.63) is 29.8 Å². The number of aliphatic imine (C=N–C) groups is 1. The van der Waals surface area contributed by atoms with Crippen LogP contribution in [0.2, 0.25) is 0 Å². The fraction of sp³-hybridized carbons (Fsp3) is 0.500. The molecule has 1 aromatic rings. The molecule has 20 heavy (non-hydrogen) atoms. The largest absolute Gasteiger partial charge is 0.416 e. The third-order valence-electron chi connectivity index (χ3n) is 3.60. The monoisotopic (exact) mass is 302 g/mol. The van der Waals surface area contributed by atoms with Gasteiger partial charge in [-0.1, -0.05) is 25.6 Å². The Bertz CT molecular complexity index is 490. The minimum atomic E-state index is -4.29. The van der Waals surface area contributed by atoms with Crippen molar-refractivity contribution in [1.82, 2.24) is 0 Å². The van der Waals surface area contributed by atoms with Crippen LogP contribution in [0.25, 0.3) is 0 Å². The maximum absolute atomic E-state index is 12.5. The third kappa shape index (κ3) is 3.29. The molecular formula is C14H17F3N2S. The second kappa shape index (κ2) is 5.68. The molecule has 1 aliphatic heterocycles. The number of hydrogen-bond acceptors (Lipinski definition) is 3. The van der Waals surface area contributed by atoms with Crippen LogP contribution in [0.15, 0.2) is 29.3 Å². The average molecular weight is 302 g/mol. The molecular weight excluding hydrogens is 285 g/mol. The molecule has 1 heterocycles. The number of anilines is 1. The summed E-state index contributed by atoms with van der Waals surface area (Å²) < 4.78 is 37.4. The molecule has 0 aliphatic carbocycles. The molecule has 110 valence electrons. The van der Waals surface area contributed by atoms with Crippen LogP contribution in [0.3, 0.4) is 0 Å². The predicted octanol–water partition coefficient (Wildman–Crippen LogP) is 4.78. The summed E-state index contributed by atoms with van der Waals surface area (Å²) in [6, 6.07) is 5.03. The minimum Gasteiger partial charge on any atom is -0.335 e. The minimum absolute atomic E-state index is 0.0289. The summed E-state index contributed by atoms with van der Waals surface area (Å²) in [4.78, 5) is 4.67. The summed E-state index contributed by atoms with van der Waals surface area (Å²) >= 11 is 1.62. The number of amidine groups is 1. The maximum atomic E-state index is 12.5. The molecule has 0 saturated heterocycles. The Morgan fingerprint density at radius 2 is 1.80 bits per heavy atom. The van der Waals surface area contributed by atoms with E-state index in [1.165, 1.54) is 12.1 Å². The molecule has 0 atom stereocenters. The number of thioether (sulfide) groups is 1. The normalized spacial score (nSPS) is 17.9. The number of nitrogens with one attached hydrogen (secondary N) is 1. The van der Waals surface area contributed by atoms with Crippen molar-refractivity contribution in [1.29, 1.82) is 0 Å². The maximum Gasteiger partial charge on any atom is 0.416 e. The lowest BCUT2D eigenvalue weighted by molar-refractivity contribution is -0.137. The highest BCUT2D eigenvalue weighted by Crippen LogP contribution is 2.34. The smallest absolute Gasteiger partial charge is 0.335 e. The van der Waals surface area contributed by atoms with Gasteiger partial charge in [-0.2, -0.15) is 13.2 Å². The fourth-order valence-electron chi connectivity index (χ4n) is 2.02. The van der Waals surface area contributed by atoms with Crippen LogP contribution in [0.5, 0.6) is 0 Å². The lowest BCUT2D eigenvalue weighted by atomic mass is 9.97. The second-order valence-electron chi connectivity index (χ2n) is 4.84. The lowest BCUT2D eigenvalue weighted by Crippen LogP contribution is -2.24. The Labute approximate surface area is 120 Å². The van der Waals surface area contributed by atoms with Crippen LogP contribution in [0, 0.1) is 0 Å². The van der Waals surface area contributed by atoms with Crippen molar-refractivity contribution in [3.63, 3.8) is 0 Å². The molecule has 6 heteroatoms. The number of alkyl halides is 3. The van der Waals surface area contributed by atoms with Crippen LogP contribution in [-0.4, -0.2) is 16.5 Å². The summed E-state index contributed by atoms with van der Waals surface area (Å²) in [6.07, 6.45) is -2.36. The SMILES string of the molecule is CCC1(CC)CSC(Nc2ccc(C(F)(F)F)cc2)=N1. The predicted molar refractivity (Wildman–Crippen MR) is 78.3 cm³/mol. The van der Waals surface area contributed by atoms with E-state index in [0.29, 0.717) is 5.69 Å². The van der Waals surface area contributed by atoms with Crippen molar-refractivity contribution in [2.45, 2.75) is 38.4 Å². The zero-order valence-corrected chi connectivity index (χ0v) is 12.2. The first kappa shape index (κ1) is 15.2. The molecule has 0 aromatic heterocycles. The molecule has 0 saturated carbocycles. The van der Waals surface area contributed by atoms with Gasteiger partial charge < -0.3 is 5.32 Å². The molecule has 1 aliphatic rings. The zero-order chi connectivity index (χ0) is 14.8. The highest BCUT2D eigenvalue weighted by Gasteiger charge is 2.32. The highest BCUT2D eigenvalue weighted by molar-refractivity contribution is 8.14. The molecule has 1 N–H and O–H groups in total. The summed E-state index contributed by atoms with van der Waals surface area (Å²) in [6.45, 7) is 4.21. The first-order valence-electron chi connectivity index (χ1n) is 6.55. The first-order valence-corrected chi connectivity index (χ1v) is 7.54. The highest BCUT2D eigenvalue weighted by atomic mass is 32.2. The summed E-state index contributed by atoms with van der Waals surface area (Å²) in [7, 11) is 0. The molecule has 1 aromatic carbocycles. The number of benzene rings is 1. The van der Waals surface area contributed by atoms with Gasteiger partial charge in [0.2, 0.25) is 0 Å². The van der Waals surface area contributed by atoms with Gasteiger partial charge in [-0.05, 0) is 37.1 Å². The molecule has 0 fully saturated rings. The van der Waals surface area contributed by atoms with Crippen LogP contribution in [0.1, 0.15) is 32.3 Å². The first-order chi connectivity index (χ1) is 9.38. The van der Waals surface area contributed by atoms with Crippen molar-refractivity contribution >= 4 is 22.6 Å². The standard InChI is InChI=1S/C14H17F3N2S/c1-3-13(4-2)9-20-12(19-13)18-11-7-5-10(6-8-11)14(15,16)17/h5-8H,3-4,9H2,1-2H3,(H,18,19). The quantitative estimate of drug-likeness (QED) is 0.869. The molecule has 0 radical (unpaired) electrons. The van der Waals surface area contributed by atoms with Gasteiger partial charge >= 0.3 is 6.18 Å². The van der Waals surface area contributed by atoms with Gasteiger partial charge in [-0.25, -0.2) is 0 Å². The van der Waals surface area contributed by atoms with E-state index in [1.54, 1.807) is 11.8 Å². The van der Waals surface area contributed by atoms with E-state index < -0.39 is 11.7 Å². The summed E-state index contributed by atoms with van der Waals surface area (Å²) in [5.74, 6) is 0.920. The Morgan fingerprint density at radius 1 is 1.20 bits per heavy atom. The van der Waals surface area contributed by atoms with E-state index in [4.69, 9.17) is 0 Å². The number of nitrogens with zero attached hydrogens (tertiary/aromatic N) is 1.